The molecule has 0 aliphatic rings. The quantitative estimate of drug-likeness (QED) is 0.487. The van der Waals surface area contributed by atoms with Crippen LogP contribution in [0.4, 0.5) is 0 Å². The van der Waals surface area contributed by atoms with Crippen molar-refractivity contribution >= 4 is 5.91 Å². The molecular formula is C24H25N5O2. The summed E-state index contributed by atoms with van der Waals surface area (Å²) in [5.41, 5.74) is 4.16. The molecule has 1 amide bonds. The van der Waals surface area contributed by atoms with E-state index in [9.17, 15) is 4.79 Å². The first kappa shape index (κ1) is 20.5. The minimum atomic E-state index is -0.0972. The van der Waals surface area contributed by atoms with E-state index >= 15 is 0 Å². The summed E-state index contributed by atoms with van der Waals surface area (Å²) < 4.78 is 7.24. The Morgan fingerprint density at radius 1 is 1.06 bits per heavy atom. The zero-order valence-corrected chi connectivity index (χ0v) is 17.9. The van der Waals surface area contributed by atoms with Crippen LogP contribution < -0.4 is 5.32 Å². The normalized spacial score (nSPS) is 12.0. The van der Waals surface area contributed by atoms with Crippen LogP contribution in [-0.2, 0) is 6.42 Å². The van der Waals surface area contributed by atoms with E-state index in [1.54, 1.807) is 11.6 Å². The van der Waals surface area contributed by atoms with Gasteiger partial charge in [-0.2, -0.15) is 5.10 Å². The second-order valence-electron chi connectivity index (χ2n) is 7.66. The van der Waals surface area contributed by atoms with Crippen LogP contribution >= 0.6 is 0 Å². The number of hydrogen-bond donors (Lipinski definition) is 1. The summed E-state index contributed by atoms with van der Waals surface area (Å²) in [6.45, 7) is 5.71. The van der Waals surface area contributed by atoms with Crippen molar-refractivity contribution in [3.63, 3.8) is 0 Å². The summed E-state index contributed by atoms with van der Waals surface area (Å²) in [6.07, 6.45) is 1.80. The van der Waals surface area contributed by atoms with Crippen molar-refractivity contribution < 1.29 is 9.21 Å². The predicted octanol–water partition coefficient (Wildman–Crippen LogP) is 4.29. The van der Waals surface area contributed by atoms with E-state index in [0.29, 0.717) is 23.0 Å². The van der Waals surface area contributed by atoms with Crippen molar-refractivity contribution in [1.29, 1.82) is 0 Å². The van der Waals surface area contributed by atoms with Gasteiger partial charge in [0.05, 0.1) is 5.69 Å². The van der Waals surface area contributed by atoms with Crippen molar-refractivity contribution in [2.75, 3.05) is 0 Å². The van der Waals surface area contributed by atoms with Gasteiger partial charge in [0.2, 0.25) is 5.89 Å². The Morgan fingerprint density at radius 2 is 1.87 bits per heavy atom. The highest BCUT2D eigenvalue weighted by molar-refractivity contribution is 5.94. The third-order valence-electron chi connectivity index (χ3n) is 5.07. The average molecular weight is 415 g/mol. The van der Waals surface area contributed by atoms with Gasteiger partial charge in [0.25, 0.3) is 11.8 Å². The van der Waals surface area contributed by atoms with E-state index in [-0.39, 0.29) is 11.9 Å². The third-order valence-corrected chi connectivity index (χ3v) is 5.07. The zero-order valence-electron chi connectivity index (χ0n) is 17.9. The van der Waals surface area contributed by atoms with Crippen molar-refractivity contribution in [1.82, 2.24) is 25.3 Å². The van der Waals surface area contributed by atoms with Gasteiger partial charge in [0.1, 0.15) is 5.69 Å². The van der Waals surface area contributed by atoms with Crippen molar-refractivity contribution in [2.45, 2.75) is 39.7 Å². The minimum absolute atomic E-state index is 0.0650. The first-order valence-corrected chi connectivity index (χ1v) is 10.3. The largest absolute Gasteiger partial charge is 0.420 e. The number of carbonyl (C=O) groups excluding carboxylic acids is 1. The van der Waals surface area contributed by atoms with Gasteiger partial charge in [-0.05, 0) is 56.5 Å². The second-order valence-corrected chi connectivity index (χ2v) is 7.66. The smallest absolute Gasteiger partial charge is 0.268 e. The van der Waals surface area contributed by atoms with Crippen LogP contribution in [0.15, 0.2) is 65.1 Å². The summed E-state index contributed by atoms with van der Waals surface area (Å²) in [5, 5.41) is 15.5. The van der Waals surface area contributed by atoms with Gasteiger partial charge in [-0.1, -0.05) is 36.4 Å². The highest BCUT2D eigenvalue weighted by Gasteiger charge is 2.15. The molecule has 1 unspecified atom stereocenters. The van der Waals surface area contributed by atoms with Crippen molar-refractivity contribution in [3.05, 3.63) is 83.4 Å². The Bertz CT molecular complexity index is 1180. The molecule has 2 aromatic carbocycles. The third kappa shape index (κ3) is 4.88. The predicted molar refractivity (Wildman–Crippen MR) is 118 cm³/mol. The lowest BCUT2D eigenvalue weighted by molar-refractivity contribution is 0.0938. The van der Waals surface area contributed by atoms with E-state index < -0.39 is 0 Å². The number of amides is 1. The summed E-state index contributed by atoms with van der Waals surface area (Å²) >= 11 is 0. The van der Waals surface area contributed by atoms with Gasteiger partial charge in [-0.15, -0.1) is 10.2 Å². The topological polar surface area (TPSA) is 85.8 Å². The van der Waals surface area contributed by atoms with E-state index in [0.717, 1.165) is 24.2 Å². The molecule has 158 valence electrons. The lowest BCUT2D eigenvalue weighted by Gasteiger charge is -2.14. The lowest BCUT2D eigenvalue weighted by atomic mass is 10.1. The number of rotatable bonds is 7. The molecular weight excluding hydrogens is 390 g/mol. The van der Waals surface area contributed by atoms with Crippen LogP contribution in [-0.4, -0.2) is 31.9 Å². The number of nitrogens with zero attached hydrogens (tertiary/aromatic N) is 4. The highest BCUT2D eigenvalue weighted by atomic mass is 16.4. The maximum atomic E-state index is 12.8. The van der Waals surface area contributed by atoms with Gasteiger partial charge in [0, 0.05) is 24.2 Å². The molecule has 1 atom stereocenters. The van der Waals surface area contributed by atoms with E-state index in [4.69, 9.17) is 4.42 Å². The molecule has 7 nitrogen and oxygen atoms in total. The van der Waals surface area contributed by atoms with Gasteiger partial charge in [-0.3, -0.25) is 4.79 Å². The van der Waals surface area contributed by atoms with Crippen molar-refractivity contribution in [2.24, 2.45) is 0 Å². The Labute approximate surface area is 181 Å². The summed E-state index contributed by atoms with van der Waals surface area (Å²) in [4.78, 5) is 12.8. The zero-order chi connectivity index (χ0) is 21.8. The molecule has 0 bridgehead atoms. The summed E-state index contributed by atoms with van der Waals surface area (Å²) in [7, 11) is 0. The lowest BCUT2D eigenvalue weighted by Crippen LogP contribution is -2.32. The maximum absolute atomic E-state index is 12.8. The molecule has 31 heavy (non-hydrogen) atoms. The van der Waals surface area contributed by atoms with Gasteiger partial charge in [-0.25, -0.2) is 4.68 Å². The molecule has 2 aromatic heterocycles. The monoisotopic (exact) mass is 415 g/mol. The molecule has 0 aliphatic heterocycles. The molecule has 0 saturated carbocycles. The van der Waals surface area contributed by atoms with Crippen LogP contribution in [0.2, 0.25) is 0 Å². The number of carbonyl (C=O) groups is 1. The number of hydrogen-bond acceptors (Lipinski definition) is 5. The van der Waals surface area contributed by atoms with E-state index in [1.807, 2.05) is 62.4 Å². The Kier molecular flexibility index (Phi) is 5.93. The molecule has 2 heterocycles. The number of aryl methyl sites for hydroxylation is 3. The van der Waals surface area contributed by atoms with Crippen LogP contribution in [0.5, 0.6) is 0 Å². The summed E-state index contributed by atoms with van der Waals surface area (Å²) in [5.74, 6) is 0.766. The van der Waals surface area contributed by atoms with Crippen molar-refractivity contribution in [3.8, 4) is 17.3 Å². The first-order chi connectivity index (χ1) is 15.0. The molecule has 0 aliphatic carbocycles. The Morgan fingerprint density at radius 3 is 2.61 bits per heavy atom. The van der Waals surface area contributed by atoms with Gasteiger partial charge < -0.3 is 9.73 Å². The number of aromatic nitrogens is 4. The van der Waals surface area contributed by atoms with Crippen LogP contribution in [0, 0.1) is 13.8 Å². The van der Waals surface area contributed by atoms with E-state index in [2.05, 4.69) is 32.7 Å². The SMILES string of the molecule is Cc1nnc(-c2cc(C)n(-c3cccc(C(=O)NC(C)CCc4ccccc4)c3)n2)o1. The Balaban J connectivity index is 1.45. The molecule has 0 spiro atoms. The molecule has 4 rings (SSSR count). The Hall–Kier alpha value is -3.74. The number of benzene rings is 2. The molecule has 4 aromatic rings. The molecule has 0 saturated heterocycles. The van der Waals surface area contributed by atoms with Gasteiger partial charge >= 0.3 is 0 Å². The van der Waals surface area contributed by atoms with Crippen LogP contribution in [0.3, 0.4) is 0 Å². The van der Waals surface area contributed by atoms with E-state index in [1.165, 1.54) is 5.56 Å². The molecule has 0 fully saturated rings. The fourth-order valence-electron chi connectivity index (χ4n) is 3.43. The maximum Gasteiger partial charge on any atom is 0.268 e. The minimum Gasteiger partial charge on any atom is -0.420 e. The molecule has 0 radical (unpaired) electrons. The standard InChI is InChI=1S/C24H25N5O2/c1-16(12-13-19-8-5-4-6-9-19)25-23(30)20-10-7-11-21(15-20)29-17(2)14-22(28-29)24-27-26-18(3)31-24/h4-11,14-16H,12-13H2,1-3H3,(H,25,30). The van der Waals surface area contributed by atoms with Crippen LogP contribution in [0.1, 0.15) is 40.9 Å². The highest BCUT2D eigenvalue weighted by Crippen LogP contribution is 2.21. The first-order valence-electron chi connectivity index (χ1n) is 10.3. The fraction of sp³-hybridized carbons (Fsp3) is 0.250. The molecule has 7 heteroatoms. The fourth-order valence-corrected chi connectivity index (χ4v) is 3.43. The van der Waals surface area contributed by atoms with Crippen LogP contribution in [0.25, 0.3) is 17.3 Å². The average Bonchev–Trinajstić information content (AvgIpc) is 3.38. The van der Waals surface area contributed by atoms with Gasteiger partial charge in [0.15, 0.2) is 0 Å². The molecule has 1 N–H and O–H groups in total. The second kappa shape index (κ2) is 8.95. The number of nitrogens with one attached hydrogen (secondary N) is 1. The summed E-state index contributed by atoms with van der Waals surface area (Å²) in [6, 6.07) is 19.7.